The Bertz CT molecular complexity index is 899. The Balaban J connectivity index is 1.79. The van der Waals surface area contributed by atoms with Gasteiger partial charge in [-0.2, -0.15) is 0 Å². The molecule has 0 bridgehead atoms. The van der Waals surface area contributed by atoms with Gasteiger partial charge in [0.15, 0.2) is 0 Å². The van der Waals surface area contributed by atoms with Crippen LogP contribution in [0.5, 0.6) is 0 Å². The molecule has 2 aromatic carbocycles. The van der Waals surface area contributed by atoms with Crippen LogP contribution >= 0.6 is 23.2 Å². The van der Waals surface area contributed by atoms with Gasteiger partial charge in [-0.3, -0.25) is 4.79 Å². The van der Waals surface area contributed by atoms with E-state index in [-0.39, 0.29) is 17.5 Å². The molecule has 0 unspecified atom stereocenters. The minimum absolute atomic E-state index is 0.130. The Hall–Kier alpha value is -2.70. The zero-order chi connectivity index (χ0) is 17.8. The molecule has 0 atom stereocenters. The molecule has 0 radical (unpaired) electrons. The third-order valence-electron chi connectivity index (χ3n) is 3.19. The Labute approximate surface area is 152 Å². The summed E-state index contributed by atoms with van der Waals surface area (Å²) in [6.07, 6.45) is 1.43. The maximum absolute atomic E-state index is 12.9. The molecule has 0 fully saturated rings. The molecular formula is C17H11Cl2FN4O. The maximum atomic E-state index is 12.9. The first-order valence-electron chi connectivity index (χ1n) is 7.14. The Morgan fingerprint density at radius 2 is 1.68 bits per heavy atom. The van der Waals surface area contributed by atoms with E-state index in [9.17, 15) is 9.18 Å². The number of para-hydroxylation sites is 1. The summed E-state index contributed by atoms with van der Waals surface area (Å²) in [6.45, 7) is 0. The number of nitrogens with one attached hydrogen (secondary N) is 2. The number of anilines is 3. The molecule has 0 aliphatic carbocycles. The predicted octanol–water partition coefficient (Wildman–Crippen LogP) is 4.92. The average molecular weight is 377 g/mol. The van der Waals surface area contributed by atoms with Crippen molar-refractivity contribution in [2.24, 2.45) is 0 Å². The van der Waals surface area contributed by atoms with Gasteiger partial charge in [0.1, 0.15) is 11.5 Å². The van der Waals surface area contributed by atoms with Gasteiger partial charge in [-0.05, 0) is 42.5 Å². The van der Waals surface area contributed by atoms with E-state index in [1.807, 2.05) is 0 Å². The van der Waals surface area contributed by atoms with Gasteiger partial charge in [0.25, 0.3) is 5.91 Å². The van der Waals surface area contributed by atoms with E-state index < -0.39 is 5.91 Å². The highest BCUT2D eigenvalue weighted by Gasteiger charge is 2.12. The number of aromatic nitrogens is 2. The summed E-state index contributed by atoms with van der Waals surface area (Å²) in [4.78, 5) is 20.4. The van der Waals surface area contributed by atoms with Crippen LogP contribution < -0.4 is 10.6 Å². The molecule has 3 aromatic rings. The standard InChI is InChI=1S/C17H11Cl2FN4O/c18-12-2-1-3-13(19)15(12)24-17-21-9-8-14(23-17)16(25)22-11-6-4-10(20)5-7-11/h1-9H,(H,22,25)(H,21,23,24). The predicted molar refractivity (Wildman–Crippen MR) is 96.1 cm³/mol. The Kier molecular flexibility index (Phi) is 5.11. The lowest BCUT2D eigenvalue weighted by Crippen LogP contribution is -2.14. The van der Waals surface area contributed by atoms with Crippen molar-refractivity contribution >= 4 is 46.4 Å². The largest absolute Gasteiger partial charge is 0.322 e. The number of carbonyl (C=O) groups is 1. The van der Waals surface area contributed by atoms with Gasteiger partial charge in [-0.1, -0.05) is 29.3 Å². The fourth-order valence-corrected chi connectivity index (χ4v) is 2.49. The third-order valence-corrected chi connectivity index (χ3v) is 3.82. The van der Waals surface area contributed by atoms with Crippen LogP contribution in [-0.4, -0.2) is 15.9 Å². The molecule has 3 rings (SSSR count). The molecule has 0 saturated heterocycles. The number of hydrogen-bond donors (Lipinski definition) is 2. The first-order chi connectivity index (χ1) is 12.0. The lowest BCUT2D eigenvalue weighted by Gasteiger charge is -2.10. The fraction of sp³-hybridized carbons (Fsp3) is 0. The van der Waals surface area contributed by atoms with E-state index in [1.165, 1.54) is 36.5 Å². The van der Waals surface area contributed by atoms with Crippen LogP contribution in [0.2, 0.25) is 10.0 Å². The number of hydrogen-bond acceptors (Lipinski definition) is 4. The first kappa shape index (κ1) is 17.1. The van der Waals surface area contributed by atoms with Crippen LogP contribution in [-0.2, 0) is 0 Å². The molecule has 0 saturated carbocycles. The summed E-state index contributed by atoms with van der Waals surface area (Å²) in [5, 5.41) is 6.32. The molecule has 1 amide bonds. The van der Waals surface area contributed by atoms with Crippen molar-refractivity contribution in [2.45, 2.75) is 0 Å². The van der Waals surface area contributed by atoms with Crippen molar-refractivity contribution in [1.29, 1.82) is 0 Å². The molecule has 5 nitrogen and oxygen atoms in total. The normalized spacial score (nSPS) is 10.4. The number of carbonyl (C=O) groups excluding carboxylic acids is 1. The van der Waals surface area contributed by atoms with E-state index >= 15 is 0 Å². The van der Waals surface area contributed by atoms with Crippen molar-refractivity contribution in [3.8, 4) is 0 Å². The minimum atomic E-state index is -0.456. The van der Waals surface area contributed by atoms with Crippen LogP contribution in [0.4, 0.5) is 21.7 Å². The fourth-order valence-electron chi connectivity index (χ4n) is 2.00. The van der Waals surface area contributed by atoms with Gasteiger partial charge in [0.05, 0.1) is 15.7 Å². The van der Waals surface area contributed by atoms with Gasteiger partial charge in [0, 0.05) is 11.9 Å². The van der Waals surface area contributed by atoms with Crippen molar-refractivity contribution in [3.63, 3.8) is 0 Å². The number of benzene rings is 2. The van der Waals surface area contributed by atoms with Crippen molar-refractivity contribution < 1.29 is 9.18 Å². The summed E-state index contributed by atoms with van der Waals surface area (Å²) >= 11 is 12.2. The highest BCUT2D eigenvalue weighted by Crippen LogP contribution is 2.31. The van der Waals surface area contributed by atoms with E-state index in [2.05, 4.69) is 20.6 Å². The van der Waals surface area contributed by atoms with Gasteiger partial charge in [-0.15, -0.1) is 0 Å². The summed E-state index contributed by atoms with van der Waals surface area (Å²) in [7, 11) is 0. The van der Waals surface area contributed by atoms with Gasteiger partial charge in [-0.25, -0.2) is 14.4 Å². The van der Waals surface area contributed by atoms with Crippen LogP contribution in [0.1, 0.15) is 10.5 Å². The van der Waals surface area contributed by atoms with Crippen molar-refractivity contribution in [2.75, 3.05) is 10.6 Å². The summed E-state index contributed by atoms with van der Waals surface area (Å²) in [5.74, 6) is -0.674. The van der Waals surface area contributed by atoms with Gasteiger partial charge in [0.2, 0.25) is 5.95 Å². The summed E-state index contributed by atoms with van der Waals surface area (Å²) < 4.78 is 12.9. The van der Waals surface area contributed by atoms with Crippen molar-refractivity contribution in [1.82, 2.24) is 9.97 Å². The smallest absolute Gasteiger partial charge is 0.274 e. The maximum Gasteiger partial charge on any atom is 0.274 e. The molecule has 8 heteroatoms. The summed E-state index contributed by atoms with van der Waals surface area (Å²) in [6, 6.07) is 11.9. The molecule has 1 aromatic heterocycles. The van der Waals surface area contributed by atoms with E-state index in [1.54, 1.807) is 18.2 Å². The second-order valence-electron chi connectivity index (χ2n) is 4.95. The molecule has 0 aliphatic rings. The number of nitrogens with zero attached hydrogens (tertiary/aromatic N) is 2. The van der Waals surface area contributed by atoms with Crippen LogP contribution in [0, 0.1) is 5.82 Å². The lowest BCUT2D eigenvalue weighted by atomic mass is 10.3. The van der Waals surface area contributed by atoms with Crippen molar-refractivity contribution in [3.05, 3.63) is 76.3 Å². The summed E-state index contributed by atoms with van der Waals surface area (Å²) in [5.41, 5.74) is 1.03. The highest BCUT2D eigenvalue weighted by molar-refractivity contribution is 6.39. The zero-order valence-corrected chi connectivity index (χ0v) is 14.1. The van der Waals surface area contributed by atoms with E-state index in [0.717, 1.165) is 0 Å². The van der Waals surface area contributed by atoms with Crippen LogP contribution in [0.3, 0.4) is 0 Å². The average Bonchev–Trinajstić information content (AvgIpc) is 2.60. The second-order valence-corrected chi connectivity index (χ2v) is 5.76. The minimum Gasteiger partial charge on any atom is -0.322 e. The highest BCUT2D eigenvalue weighted by atomic mass is 35.5. The molecule has 0 aliphatic heterocycles. The lowest BCUT2D eigenvalue weighted by molar-refractivity contribution is 0.102. The van der Waals surface area contributed by atoms with E-state index in [0.29, 0.717) is 21.4 Å². The first-order valence-corrected chi connectivity index (χ1v) is 7.89. The number of rotatable bonds is 4. The van der Waals surface area contributed by atoms with Gasteiger partial charge >= 0.3 is 0 Å². The molecule has 2 N–H and O–H groups in total. The zero-order valence-electron chi connectivity index (χ0n) is 12.6. The van der Waals surface area contributed by atoms with E-state index in [4.69, 9.17) is 23.2 Å². The van der Waals surface area contributed by atoms with Gasteiger partial charge < -0.3 is 10.6 Å². The molecule has 0 spiro atoms. The SMILES string of the molecule is O=C(Nc1ccc(F)cc1)c1ccnc(Nc2c(Cl)cccc2Cl)n1. The Morgan fingerprint density at radius 3 is 2.36 bits per heavy atom. The topological polar surface area (TPSA) is 66.9 Å². The van der Waals surface area contributed by atoms with Crippen LogP contribution in [0.15, 0.2) is 54.7 Å². The number of amides is 1. The molecule has 1 heterocycles. The quantitative estimate of drug-likeness (QED) is 0.678. The monoisotopic (exact) mass is 376 g/mol. The number of halogens is 3. The third kappa shape index (κ3) is 4.23. The second kappa shape index (κ2) is 7.46. The molecule has 25 heavy (non-hydrogen) atoms. The molecule has 126 valence electrons. The molecular weight excluding hydrogens is 366 g/mol. The Morgan fingerprint density at radius 1 is 1.00 bits per heavy atom. The van der Waals surface area contributed by atoms with Crippen LogP contribution in [0.25, 0.3) is 0 Å².